The second-order valence-corrected chi connectivity index (χ2v) is 16.3. The monoisotopic (exact) mass is 554 g/mol. The first-order valence-corrected chi connectivity index (χ1v) is 16.2. The van der Waals surface area contributed by atoms with Crippen molar-refractivity contribution in [1.82, 2.24) is 0 Å². The number of carbonyl (C=O) groups is 1. The van der Waals surface area contributed by atoms with Crippen molar-refractivity contribution in [2.45, 2.75) is 144 Å². The van der Waals surface area contributed by atoms with E-state index in [0.29, 0.717) is 23.3 Å². The third-order valence-electron chi connectivity index (χ3n) is 13.9. The van der Waals surface area contributed by atoms with Crippen LogP contribution < -0.4 is 0 Å². The fourth-order valence-corrected chi connectivity index (χ4v) is 11.1. The third-order valence-corrected chi connectivity index (χ3v) is 13.9. The van der Waals surface area contributed by atoms with Gasteiger partial charge in [0.25, 0.3) is 0 Å². The largest absolute Gasteiger partial charge is 0.458 e. The van der Waals surface area contributed by atoms with Crippen LogP contribution in [0.3, 0.4) is 0 Å². The number of rotatable bonds is 4. The van der Waals surface area contributed by atoms with E-state index in [0.717, 1.165) is 32.1 Å². The van der Waals surface area contributed by atoms with Crippen molar-refractivity contribution in [1.29, 1.82) is 0 Å². The molecule has 2 heterocycles. The van der Waals surface area contributed by atoms with Crippen LogP contribution in [0.15, 0.2) is 23.3 Å². The molecule has 5 nitrogen and oxygen atoms in total. The van der Waals surface area contributed by atoms with E-state index in [1.807, 2.05) is 19.9 Å². The Balaban J connectivity index is 1.25. The van der Waals surface area contributed by atoms with E-state index in [4.69, 9.17) is 14.2 Å². The van der Waals surface area contributed by atoms with Gasteiger partial charge in [0.05, 0.1) is 11.7 Å². The van der Waals surface area contributed by atoms with Crippen molar-refractivity contribution >= 4 is 5.97 Å². The maximum Gasteiger partial charge on any atom is 0.333 e. The molecule has 2 aliphatic heterocycles. The summed E-state index contributed by atoms with van der Waals surface area (Å²) < 4.78 is 18.2. The van der Waals surface area contributed by atoms with Gasteiger partial charge in [-0.1, -0.05) is 52.3 Å². The van der Waals surface area contributed by atoms with Gasteiger partial charge in [0.1, 0.15) is 12.2 Å². The van der Waals surface area contributed by atoms with Crippen molar-refractivity contribution in [2.75, 3.05) is 0 Å². The molecule has 4 aliphatic carbocycles. The Hall–Kier alpha value is -1.17. The van der Waals surface area contributed by atoms with Crippen LogP contribution in [0.4, 0.5) is 0 Å². The molecule has 0 aromatic heterocycles. The summed E-state index contributed by atoms with van der Waals surface area (Å²) in [5.41, 5.74) is 2.73. The molecule has 5 heteroatoms. The molecule has 0 aromatic rings. The van der Waals surface area contributed by atoms with Crippen molar-refractivity contribution in [3.8, 4) is 0 Å². The SMILES string of the molecule is C/C=C(\C)C(=O)O[C@@H]1CC[C@]2(C)[C@H]3CC[C@@]4(C)[C@H]([C@@H]5C[C@@H]([C@@H]6OC6(C)C)O[C@H]5O)CC[C@]4(C)C3=CC[C@H]2C1(C)C. The number of aliphatic hydroxyl groups excluding tert-OH is 1. The van der Waals surface area contributed by atoms with Crippen LogP contribution in [0.5, 0.6) is 0 Å². The molecule has 1 N–H and O–H groups in total. The van der Waals surface area contributed by atoms with Crippen LogP contribution in [-0.4, -0.2) is 41.3 Å². The Kier molecular flexibility index (Phi) is 6.63. The van der Waals surface area contributed by atoms with Gasteiger partial charge in [-0.2, -0.15) is 0 Å². The highest BCUT2D eigenvalue weighted by Crippen LogP contribution is 2.74. The molecule has 2 saturated heterocycles. The summed E-state index contributed by atoms with van der Waals surface area (Å²) in [5, 5.41) is 11.1. The van der Waals surface area contributed by atoms with E-state index < -0.39 is 6.29 Å². The smallest absolute Gasteiger partial charge is 0.333 e. The number of fused-ring (bicyclic) bond motifs is 5. The van der Waals surface area contributed by atoms with Crippen molar-refractivity contribution in [3.05, 3.63) is 23.3 Å². The molecule has 40 heavy (non-hydrogen) atoms. The summed E-state index contributed by atoms with van der Waals surface area (Å²) in [6.07, 6.45) is 12.7. The van der Waals surface area contributed by atoms with E-state index in [1.165, 1.54) is 19.3 Å². The summed E-state index contributed by atoms with van der Waals surface area (Å²) in [4.78, 5) is 12.7. The zero-order valence-corrected chi connectivity index (χ0v) is 26.5. The van der Waals surface area contributed by atoms with Crippen LogP contribution in [-0.2, 0) is 19.0 Å². The van der Waals surface area contributed by atoms with Gasteiger partial charge in [-0.15, -0.1) is 0 Å². The van der Waals surface area contributed by atoms with E-state index in [-0.39, 0.29) is 57.5 Å². The zero-order chi connectivity index (χ0) is 29.0. The van der Waals surface area contributed by atoms with Crippen LogP contribution in [0, 0.1) is 45.3 Å². The number of hydrogen-bond donors (Lipinski definition) is 1. The highest BCUT2D eigenvalue weighted by atomic mass is 16.7. The number of epoxide rings is 1. The third kappa shape index (κ3) is 3.92. The molecule has 0 spiro atoms. The molecule has 0 aromatic carbocycles. The lowest BCUT2D eigenvalue weighted by atomic mass is 9.41. The van der Waals surface area contributed by atoms with Crippen LogP contribution in [0.1, 0.15) is 114 Å². The predicted octanol–water partition coefficient (Wildman–Crippen LogP) is 7.37. The molecule has 224 valence electrons. The average molecular weight is 555 g/mol. The molecule has 0 radical (unpaired) electrons. The second-order valence-electron chi connectivity index (χ2n) is 16.3. The number of ether oxygens (including phenoxy) is 3. The van der Waals surface area contributed by atoms with Crippen molar-refractivity contribution in [3.63, 3.8) is 0 Å². The standard InChI is InChI=1S/C35H54O5/c1-10-20(2)29(36)39-27-15-16-33(7)23-14-18-34(8)22(21-19-25(38-30(21)37)28-32(5,6)40-28)13-17-35(34,9)24(23)11-12-26(33)31(27,3)4/h10-11,21-23,25-28,30,37H,12-19H2,1-9H3/b20-10+/t21-,22-,23-,25-,26-,27+,28-,30+,33+,34-,35+/m0/s1. The van der Waals surface area contributed by atoms with Crippen LogP contribution in [0.2, 0.25) is 0 Å². The summed E-state index contributed by atoms with van der Waals surface area (Å²) in [6, 6.07) is 0. The fraction of sp³-hybridized carbons (Fsp3) is 0.857. The Bertz CT molecular complexity index is 1120. The molecule has 3 saturated carbocycles. The minimum Gasteiger partial charge on any atom is -0.458 e. The normalized spacial score (nSPS) is 50.9. The lowest BCUT2D eigenvalue weighted by molar-refractivity contribution is -0.173. The van der Waals surface area contributed by atoms with Gasteiger partial charge in [0.15, 0.2) is 6.29 Å². The topological polar surface area (TPSA) is 68.3 Å². The number of allylic oxidation sites excluding steroid dienone is 3. The molecule has 0 bridgehead atoms. The first-order valence-electron chi connectivity index (χ1n) is 16.2. The van der Waals surface area contributed by atoms with E-state index in [1.54, 1.807) is 5.57 Å². The lowest BCUT2D eigenvalue weighted by Crippen LogP contribution is -2.58. The Morgan fingerprint density at radius 2 is 1.75 bits per heavy atom. The van der Waals surface area contributed by atoms with Gasteiger partial charge in [0.2, 0.25) is 0 Å². The Morgan fingerprint density at radius 3 is 2.40 bits per heavy atom. The summed E-state index contributed by atoms with van der Waals surface area (Å²) >= 11 is 0. The minimum atomic E-state index is -0.681. The first-order chi connectivity index (χ1) is 18.6. The quantitative estimate of drug-likeness (QED) is 0.170. The predicted molar refractivity (Wildman–Crippen MR) is 156 cm³/mol. The van der Waals surface area contributed by atoms with Gasteiger partial charge in [-0.25, -0.2) is 4.79 Å². The molecule has 11 atom stereocenters. The second kappa shape index (κ2) is 9.16. The molecule has 0 unspecified atom stereocenters. The summed E-state index contributed by atoms with van der Waals surface area (Å²) in [5.74, 6) is 1.56. The molecule has 5 fully saturated rings. The van der Waals surface area contributed by atoms with Gasteiger partial charge >= 0.3 is 5.97 Å². The van der Waals surface area contributed by atoms with Gasteiger partial charge in [0, 0.05) is 16.9 Å². The van der Waals surface area contributed by atoms with Crippen molar-refractivity contribution < 1.29 is 24.1 Å². The first kappa shape index (κ1) is 28.9. The summed E-state index contributed by atoms with van der Waals surface area (Å²) in [6.45, 7) is 20.4. The van der Waals surface area contributed by atoms with Crippen LogP contribution in [0.25, 0.3) is 0 Å². The van der Waals surface area contributed by atoms with E-state index in [9.17, 15) is 9.90 Å². The lowest BCUT2D eigenvalue weighted by Gasteiger charge is -2.64. The highest BCUT2D eigenvalue weighted by molar-refractivity contribution is 5.87. The average Bonchev–Trinajstić information content (AvgIpc) is 3.21. The molecule has 6 rings (SSSR count). The van der Waals surface area contributed by atoms with Gasteiger partial charge < -0.3 is 19.3 Å². The van der Waals surface area contributed by atoms with Crippen LogP contribution >= 0.6 is 0 Å². The van der Waals surface area contributed by atoms with E-state index in [2.05, 4.69) is 54.5 Å². The highest BCUT2D eigenvalue weighted by Gasteiger charge is 2.67. The number of esters is 1. The molecule has 6 aliphatic rings. The zero-order valence-electron chi connectivity index (χ0n) is 26.5. The van der Waals surface area contributed by atoms with Crippen molar-refractivity contribution in [2.24, 2.45) is 45.3 Å². The fourth-order valence-electron chi connectivity index (χ4n) is 11.1. The van der Waals surface area contributed by atoms with Gasteiger partial charge in [-0.05, 0) is 113 Å². The maximum atomic E-state index is 12.7. The Labute approximate surface area is 242 Å². The molecule has 0 amide bonds. The number of aliphatic hydroxyl groups is 1. The minimum absolute atomic E-state index is 0.0125. The van der Waals surface area contributed by atoms with Gasteiger partial charge in [-0.3, -0.25) is 0 Å². The Morgan fingerprint density at radius 1 is 1.05 bits per heavy atom. The number of hydrogen-bond acceptors (Lipinski definition) is 5. The number of carbonyl (C=O) groups excluding carboxylic acids is 1. The van der Waals surface area contributed by atoms with E-state index >= 15 is 0 Å². The maximum absolute atomic E-state index is 12.7. The summed E-state index contributed by atoms with van der Waals surface area (Å²) in [7, 11) is 0. The molecular formula is C35H54O5. The molecular weight excluding hydrogens is 500 g/mol.